The van der Waals surface area contributed by atoms with Crippen molar-refractivity contribution < 1.29 is 8.85 Å². The minimum atomic E-state index is -4.44. The van der Waals surface area contributed by atoms with E-state index in [1.165, 1.54) is 76.7 Å². The Morgan fingerprint density at radius 3 is 0.362 bits per heavy atom. The van der Waals surface area contributed by atoms with E-state index in [2.05, 4.69) is 429 Å². The highest BCUT2D eigenvalue weighted by molar-refractivity contribution is 7.97. The van der Waals surface area contributed by atoms with Crippen molar-refractivity contribution in [3.63, 3.8) is 0 Å². The minimum Gasteiger partial charge on any atom is -0.541 e. The summed E-state index contributed by atoms with van der Waals surface area (Å²) < 4.78 is 22.9. The van der Waals surface area contributed by atoms with Crippen LogP contribution in [0.4, 0.5) is 0 Å². The molecule has 8 heteroatoms. The lowest BCUT2D eigenvalue weighted by molar-refractivity contribution is 0.511. The number of hydrogen-bond donors (Lipinski definition) is 0. The maximum atomic E-state index is 11.4. The molecule has 0 aliphatic carbocycles. The lowest BCUT2D eigenvalue weighted by Crippen LogP contribution is -3.10. The molecule has 8 aromatic carbocycles. The Balaban J connectivity index is 1.84. The van der Waals surface area contributed by atoms with E-state index in [1.54, 1.807) is 108 Å². The summed E-state index contributed by atoms with van der Waals surface area (Å²) in [5, 5.41) is 13.5. The van der Waals surface area contributed by atoms with Crippen molar-refractivity contribution in [3.05, 3.63) is 231 Å². The molecule has 2 unspecified atom stereocenters. The lowest BCUT2D eigenvalue weighted by Gasteiger charge is -2.71. The van der Waals surface area contributed by atoms with E-state index in [9.17, 15) is 8.85 Å². The fourth-order valence-electron chi connectivity index (χ4n) is 23.6. The van der Waals surface area contributed by atoms with Crippen LogP contribution in [0, 0.1) is 0 Å². The summed E-state index contributed by atoms with van der Waals surface area (Å²) in [6.07, 6.45) is 0. The molecular formula is C122H184O2Si6. The van der Waals surface area contributed by atoms with E-state index in [-0.39, 0.29) is 107 Å². The van der Waals surface area contributed by atoms with E-state index in [1.807, 2.05) is 0 Å². The van der Waals surface area contributed by atoms with Crippen LogP contribution in [0.1, 0.15) is 608 Å². The second-order valence-electron chi connectivity index (χ2n) is 48.8. The van der Waals surface area contributed by atoms with E-state index in [0.29, 0.717) is 35.5 Å². The first kappa shape index (κ1) is 105. The van der Waals surface area contributed by atoms with Gasteiger partial charge in [-0.05, 0) is 317 Å². The smallest absolute Gasteiger partial charge is 0.333 e. The van der Waals surface area contributed by atoms with Crippen molar-refractivity contribution in [3.8, 4) is 0 Å². The van der Waals surface area contributed by atoms with Crippen molar-refractivity contribution in [1.82, 2.24) is 0 Å². The van der Waals surface area contributed by atoms with Crippen LogP contribution in [0.25, 0.3) is 0 Å². The van der Waals surface area contributed by atoms with Gasteiger partial charge in [0.1, 0.15) is 0 Å². The molecule has 2 nitrogen and oxygen atoms in total. The van der Waals surface area contributed by atoms with E-state index >= 15 is 0 Å². The second kappa shape index (κ2) is 39.5. The molecule has 1 saturated heterocycles. The third-order valence-corrected chi connectivity index (χ3v) is 89.9. The molecule has 0 saturated carbocycles. The third kappa shape index (κ3) is 17.4. The van der Waals surface area contributed by atoms with Crippen LogP contribution >= 0.6 is 0 Å². The Labute approximate surface area is 804 Å². The molecule has 0 bridgehead atoms. The highest BCUT2D eigenvalue weighted by atomic mass is 29.7. The summed E-state index contributed by atoms with van der Waals surface area (Å²) in [5.74, 6) is 4.92. The van der Waals surface area contributed by atoms with Gasteiger partial charge in [-0.1, -0.05) is 429 Å². The molecule has 3 aliphatic rings. The van der Waals surface area contributed by atoms with Gasteiger partial charge in [0.2, 0.25) is 0 Å². The molecule has 0 aromatic heterocycles. The Morgan fingerprint density at radius 2 is 0.254 bits per heavy atom. The average Bonchev–Trinajstić information content (AvgIpc) is 0.604. The zero-order valence-corrected chi connectivity index (χ0v) is 97.9. The van der Waals surface area contributed by atoms with Gasteiger partial charge in [0.05, 0.1) is 25.8 Å². The Bertz CT molecular complexity index is 4860. The lowest BCUT2D eigenvalue weighted by atomic mass is 9.89. The molecule has 0 radical (unpaired) electrons. The van der Waals surface area contributed by atoms with Gasteiger partial charge in [-0.25, -0.2) is 0 Å². The average molecular weight is 1850 g/mol. The maximum absolute atomic E-state index is 11.4. The highest BCUT2D eigenvalue weighted by Gasteiger charge is 2.89. The quantitative estimate of drug-likeness (QED) is 0.0391. The summed E-state index contributed by atoms with van der Waals surface area (Å²) in [6.45, 7) is 124. The number of rotatable bonds is 32. The molecule has 8 aromatic rings. The van der Waals surface area contributed by atoms with Crippen molar-refractivity contribution in [2.75, 3.05) is 0 Å². The Hall–Kier alpha value is -5.60. The molecule has 0 N–H and O–H groups in total. The van der Waals surface area contributed by atoms with Crippen molar-refractivity contribution >= 4 is 97.2 Å². The first-order valence-corrected chi connectivity index (χ1v) is 67.5. The molecule has 2 atom stereocenters. The summed E-state index contributed by atoms with van der Waals surface area (Å²) in [6, 6.07) is 45.5. The monoisotopic (exact) mass is 1850 g/mol. The molecule has 3 aliphatic heterocycles. The van der Waals surface area contributed by atoms with Crippen LogP contribution in [0.15, 0.2) is 97.1 Å². The summed E-state index contributed by atoms with van der Waals surface area (Å²) in [5.41, 5.74) is 36.6. The van der Waals surface area contributed by atoms with Crippen LogP contribution in [-0.2, 0) is 8.85 Å². The van der Waals surface area contributed by atoms with Gasteiger partial charge in [-0.3, -0.25) is 0 Å². The molecule has 708 valence electrons. The second-order valence-corrected chi connectivity index (χ2v) is 82.5. The predicted octanol–water partition coefficient (Wildman–Crippen LogP) is 30.9. The number of benzene rings is 8. The normalized spacial score (nSPS) is 17.3. The van der Waals surface area contributed by atoms with Crippen LogP contribution in [0.2, 0.25) is 0 Å². The van der Waals surface area contributed by atoms with Crippen LogP contribution in [0.3, 0.4) is 0 Å². The largest absolute Gasteiger partial charge is 0.541 e. The van der Waals surface area contributed by atoms with Crippen LogP contribution < -0.4 is 41.5 Å². The van der Waals surface area contributed by atoms with Gasteiger partial charge in [-0.2, -0.15) is 0 Å². The fraction of sp³-hybridized carbons (Fsp3) is 0.590. The number of fused-ring (bicyclic) bond motifs is 2. The topological polar surface area (TPSA) is 18.5 Å². The van der Waals surface area contributed by atoms with Crippen molar-refractivity contribution in [2.24, 2.45) is 0 Å². The van der Waals surface area contributed by atoms with Crippen LogP contribution in [0.5, 0.6) is 0 Å². The molecule has 0 spiro atoms. The standard InChI is InChI=1S/C122H184O2Si6/c1-65(2)89-49-97(73(17)18)113(98(50-89)74(19)20)125-121-123-128(116-103(79(29)30)55-92(68(7)8)56-104(116)80(31)32)122(126(114-99(75(21)22)51-90(66(3)4)52-100(114)76(23)24)130(128,119-109(85(41)42)61-95(71(13)14)62-110(119)86(43)44)120-111(87(45)46)63-96(72(15)16)64-112(120)88(47)48)124-127(121,115-101(77(25)26)53-91(67(5)6)54-102(115)78(27)28)129(125,117-105(81(33)34)57-93(69(9)10)58-106(117)82(35)36)118-107(83(37)38)59-94(70(11)12)60-108(118)84(39)40/h49-88H,1-48H3. The predicted molar refractivity (Wildman–Crippen MR) is 593 cm³/mol. The third-order valence-electron chi connectivity index (χ3n) is 31.2. The van der Waals surface area contributed by atoms with E-state index in [4.69, 9.17) is 0 Å². The molecular weight excluding hydrogens is 1670 g/mol. The number of hydrogen-bond acceptors (Lipinski definition) is 2. The molecule has 11 rings (SSSR count). The SMILES string of the molecule is CC(C)c1cc(C(C)C)c([Si]2=C3O[Si]4(c5c(C(C)C)cc(C(C)C)cc5C(C)C)C(=[Si](c5c(C(C)C)cc(C(C)C)cc5C(C)C)[Si]4(c4c(C(C)C)cc(C(C)C)cc4C(C)C)c4c(C(C)C)cc(C(C)C)cc4C(C)C)O[Si]3(c3c(C(C)C)cc(C(C)C)cc3C(C)C)[Si]2(c2c(C(C)C)cc(C(C)C)cc2C(C)C)c2c(C(C)C)cc(C(C)C)cc2C(C)C)c(C(C)C)c1. The van der Waals surface area contributed by atoms with Gasteiger partial charge in [-0.15, -0.1) is 0 Å². The molecule has 130 heavy (non-hydrogen) atoms. The highest BCUT2D eigenvalue weighted by Crippen LogP contribution is 2.55. The van der Waals surface area contributed by atoms with Crippen molar-refractivity contribution in [2.45, 2.75) is 474 Å². The molecule has 1 fully saturated rings. The maximum Gasteiger partial charge on any atom is 0.333 e. The minimum absolute atomic E-state index is 0.128. The van der Waals surface area contributed by atoms with E-state index in [0.717, 1.165) is 0 Å². The summed E-state index contributed by atoms with van der Waals surface area (Å²) in [7, 11) is -22.0. The van der Waals surface area contributed by atoms with Crippen LogP contribution in [-0.4, -0.2) is 55.7 Å². The summed E-state index contributed by atoms with van der Waals surface area (Å²) >= 11 is 0. The molecule has 3 heterocycles. The van der Waals surface area contributed by atoms with Gasteiger partial charge in [0, 0.05) is 0 Å². The van der Waals surface area contributed by atoms with Crippen molar-refractivity contribution in [1.29, 1.82) is 0 Å². The van der Waals surface area contributed by atoms with Gasteiger partial charge in [0.15, 0.2) is 14.2 Å². The fourth-order valence-corrected chi connectivity index (χ4v) is 107. The Morgan fingerprint density at radius 1 is 0.146 bits per heavy atom. The van der Waals surface area contributed by atoms with Gasteiger partial charge >= 0.3 is 15.7 Å². The first-order chi connectivity index (χ1) is 60.4. The Kier molecular flexibility index (Phi) is 31.8. The zero-order valence-electron chi connectivity index (χ0n) is 91.9. The van der Waals surface area contributed by atoms with Gasteiger partial charge < -0.3 is 8.85 Å². The first-order valence-electron chi connectivity index (χ1n) is 52.7. The zero-order chi connectivity index (χ0) is 97.4. The van der Waals surface area contributed by atoms with E-state index < -0.39 is 45.7 Å². The van der Waals surface area contributed by atoms with Gasteiger partial charge in [0.25, 0.3) is 0 Å². The summed E-state index contributed by atoms with van der Waals surface area (Å²) in [4.78, 5) is 3.00. The molecule has 0 amide bonds.